The van der Waals surface area contributed by atoms with Gasteiger partial charge in [-0.1, -0.05) is 26.7 Å². The molecule has 2 unspecified atom stereocenters. The lowest BCUT2D eigenvalue weighted by molar-refractivity contribution is 0.188. The fourth-order valence-corrected chi connectivity index (χ4v) is 4.03. The summed E-state index contributed by atoms with van der Waals surface area (Å²) in [6.07, 6.45) is 9.29. The second-order valence-corrected chi connectivity index (χ2v) is 7.54. The van der Waals surface area contributed by atoms with E-state index in [1.54, 1.807) is 0 Å². The summed E-state index contributed by atoms with van der Waals surface area (Å²) in [5, 5.41) is 7.10. The monoisotopic (exact) mass is 450 g/mol. The molecule has 0 aromatic rings. The smallest absolute Gasteiger partial charge is 0.191 e. The van der Waals surface area contributed by atoms with E-state index in [-0.39, 0.29) is 24.0 Å². The van der Waals surface area contributed by atoms with Crippen LogP contribution in [0.25, 0.3) is 0 Å². The number of hydrogen-bond acceptors (Lipinski definition) is 2. The highest BCUT2D eigenvalue weighted by Gasteiger charge is 2.20. The van der Waals surface area contributed by atoms with Crippen LogP contribution in [-0.4, -0.2) is 49.6 Å². The minimum atomic E-state index is 0. The van der Waals surface area contributed by atoms with Gasteiger partial charge in [0, 0.05) is 19.1 Å². The molecule has 0 bridgehead atoms. The third kappa shape index (κ3) is 7.89. The van der Waals surface area contributed by atoms with Crippen LogP contribution in [0.15, 0.2) is 4.99 Å². The maximum absolute atomic E-state index is 4.85. The van der Waals surface area contributed by atoms with Gasteiger partial charge in [-0.2, -0.15) is 0 Å². The average Bonchev–Trinajstić information content (AvgIpc) is 2.56. The van der Waals surface area contributed by atoms with E-state index < -0.39 is 0 Å². The number of guanidine groups is 1. The summed E-state index contributed by atoms with van der Waals surface area (Å²) < 4.78 is 0. The Kier molecular flexibility index (Phi) is 11.3. The second kappa shape index (κ2) is 12.3. The van der Waals surface area contributed by atoms with Gasteiger partial charge < -0.3 is 15.5 Å². The van der Waals surface area contributed by atoms with Gasteiger partial charge in [-0.05, 0) is 70.5 Å². The lowest BCUT2D eigenvalue weighted by atomic mass is 9.87. The highest BCUT2D eigenvalue weighted by atomic mass is 127. The molecular formula is C19H39IN4. The van der Waals surface area contributed by atoms with Crippen LogP contribution in [0, 0.1) is 11.8 Å². The maximum Gasteiger partial charge on any atom is 0.191 e. The summed E-state index contributed by atoms with van der Waals surface area (Å²) in [6, 6.07) is 0.615. The van der Waals surface area contributed by atoms with Gasteiger partial charge in [0.2, 0.25) is 0 Å². The number of rotatable bonds is 6. The predicted molar refractivity (Wildman–Crippen MR) is 115 cm³/mol. The van der Waals surface area contributed by atoms with Crippen LogP contribution in [0.3, 0.4) is 0 Å². The van der Waals surface area contributed by atoms with Crippen LogP contribution in [0.1, 0.15) is 65.7 Å². The summed E-state index contributed by atoms with van der Waals surface area (Å²) in [5.74, 6) is 2.77. The first kappa shape index (κ1) is 22.0. The Morgan fingerprint density at radius 1 is 1.12 bits per heavy atom. The molecule has 2 N–H and O–H groups in total. The number of nitrogens with zero attached hydrogens (tertiary/aromatic N) is 2. The van der Waals surface area contributed by atoms with Gasteiger partial charge in [-0.25, -0.2) is 0 Å². The molecule has 2 atom stereocenters. The zero-order valence-electron chi connectivity index (χ0n) is 16.0. The van der Waals surface area contributed by atoms with E-state index in [2.05, 4.69) is 36.3 Å². The molecule has 0 aromatic heterocycles. The fourth-order valence-electron chi connectivity index (χ4n) is 4.03. The Hall–Kier alpha value is -0.0400. The lowest BCUT2D eigenvalue weighted by Crippen LogP contribution is -2.45. The van der Waals surface area contributed by atoms with Crippen molar-refractivity contribution in [1.82, 2.24) is 15.5 Å². The molecule has 5 heteroatoms. The molecule has 1 saturated heterocycles. The minimum absolute atomic E-state index is 0. The van der Waals surface area contributed by atoms with Crippen molar-refractivity contribution in [2.75, 3.05) is 32.7 Å². The predicted octanol–water partition coefficient (Wildman–Crippen LogP) is 3.86. The van der Waals surface area contributed by atoms with Crippen LogP contribution in [0.5, 0.6) is 0 Å². The third-order valence-electron chi connectivity index (χ3n) is 5.58. The number of likely N-dealkylation sites (tertiary alicyclic amines) is 1. The summed E-state index contributed by atoms with van der Waals surface area (Å²) >= 11 is 0. The normalized spacial score (nSPS) is 26.7. The Bertz CT molecular complexity index is 353. The van der Waals surface area contributed by atoms with Crippen LogP contribution in [0.2, 0.25) is 0 Å². The number of aliphatic imine (C=N–C) groups is 1. The van der Waals surface area contributed by atoms with Crippen molar-refractivity contribution in [3.8, 4) is 0 Å². The van der Waals surface area contributed by atoms with E-state index >= 15 is 0 Å². The molecule has 1 saturated carbocycles. The van der Waals surface area contributed by atoms with Crippen molar-refractivity contribution in [3.05, 3.63) is 0 Å². The first-order valence-electron chi connectivity index (χ1n) is 9.98. The minimum Gasteiger partial charge on any atom is -0.357 e. The molecular weight excluding hydrogens is 411 g/mol. The van der Waals surface area contributed by atoms with Crippen molar-refractivity contribution in [3.63, 3.8) is 0 Å². The summed E-state index contributed by atoms with van der Waals surface area (Å²) in [5.41, 5.74) is 0. The molecule has 1 heterocycles. The fraction of sp³-hybridized carbons (Fsp3) is 0.947. The van der Waals surface area contributed by atoms with E-state index in [4.69, 9.17) is 4.99 Å². The quantitative estimate of drug-likeness (QED) is 0.367. The van der Waals surface area contributed by atoms with Crippen LogP contribution < -0.4 is 10.6 Å². The van der Waals surface area contributed by atoms with Gasteiger partial charge in [0.25, 0.3) is 0 Å². The van der Waals surface area contributed by atoms with E-state index in [1.165, 1.54) is 64.6 Å². The van der Waals surface area contributed by atoms with Crippen molar-refractivity contribution in [2.24, 2.45) is 16.8 Å². The Morgan fingerprint density at radius 3 is 2.50 bits per heavy atom. The zero-order chi connectivity index (χ0) is 16.5. The molecule has 0 aromatic carbocycles. The van der Waals surface area contributed by atoms with Gasteiger partial charge in [0.1, 0.15) is 0 Å². The summed E-state index contributed by atoms with van der Waals surface area (Å²) in [7, 11) is 0. The van der Waals surface area contributed by atoms with Crippen LogP contribution >= 0.6 is 24.0 Å². The highest BCUT2D eigenvalue weighted by molar-refractivity contribution is 14.0. The molecule has 0 radical (unpaired) electrons. The number of nitrogens with one attached hydrogen (secondary N) is 2. The second-order valence-electron chi connectivity index (χ2n) is 7.54. The van der Waals surface area contributed by atoms with Gasteiger partial charge in [-0.3, -0.25) is 4.99 Å². The topological polar surface area (TPSA) is 39.7 Å². The number of halogens is 1. The zero-order valence-corrected chi connectivity index (χ0v) is 18.4. The van der Waals surface area contributed by atoms with E-state index in [1.807, 2.05) is 0 Å². The molecule has 1 aliphatic carbocycles. The molecule has 4 nitrogen and oxygen atoms in total. The molecule has 1 aliphatic heterocycles. The van der Waals surface area contributed by atoms with E-state index in [0.29, 0.717) is 6.04 Å². The highest BCUT2D eigenvalue weighted by Crippen LogP contribution is 2.23. The van der Waals surface area contributed by atoms with Gasteiger partial charge in [0.05, 0.1) is 0 Å². The van der Waals surface area contributed by atoms with Gasteiger partial charge in [0.15, 0.2) is 5.96 Å². The van der Waals surface area contributed by atoms with Crippen LogP contribution in [-0.2, 0) is 0 Å². The molecule has 2 aliphatic rings. The first-order valence-corrected chi connectivity index (χ1v) is 9.98. The van der Waals surface area contributed by atoms with E-state index in [0.717, 1.165) is 30.9 Å². The van der Waals surface area contributed by atoms with Gasteiger partial charge >= 0.3 is 0 Å². The lowest BCUT2D eigenvalue weighted by Gasteiger charge is -2.31. The van der Waals surface area contributed by atoms with Crippen molar-refractivity contribution < 1.29 is 0 Å². The molecule has 24 heavy (non-hydrogen) atoms. The molecule has 2 fully saturated rings. The van der Waals surface area contributed by atoms with E-state index in [9.17, 15) is 0 Å². The summed E-state index contributed by atoms with van der Waals surface area (Å²) in [4.78, 5) is 7.41. The van der Waals surface area contributed by atoms with Gasteiger partial charge in [-0.15, -0.1) is 24.0 Å². The standard InChI is InChI=1S/C19H38N4.HI/c1-4-20-19(22-18-8-6-7-16(3)15-18)21-12-9-17-10-13-23(5-2)14-11-17;/h16-18H,4-15H2,1-3H3,(H2,20,21,22);1H. The van der Waals surface area contributed by atoms with Crippen LogP contribution in [0.4, 0.5) is 0 Å². The summed E-state index contributed by atoms with van der Waals surface area (Å²) in [6.45, 7) is 12.5. The van der Waals surface area contributed by atoms with Crippen molar-refractivity contribution in [2.45, 2.75) is 71.8 Å². The third-order valence-corrected chi connectivity index (χ3v) is 5.58. The molecule has 2 rings (SSSR count). The number of piperidine rings is 1. The van der Waals surface area contributed by atoms with Crippen molar-refractivity contribution in [1.29, 1.82) is 0 Å². The SMILES string of the molecule is CCNC(=NCCC1CCN(CC)CC1)NC1CCCC(C)C1.I. The Morgan fingerprint density at radius 2 is 1.88 bits per heavy atom. The first-order chi connectivity index (χ1) is 11.2. The molecule has 142 valence electrons. The largest absolute Gasteiger partial charge is 0.357 e. The molecule has 0 spiro atoms. The average molecular weight is 450 g/mol. The Labute approximate surface area is 166 Å². The number of hydrogen-bond donors (Lipinski definition) is 2. The maximum atomic E-state index is 4.85. The molecule has 0 amide bonds. The van der Waals surface area contributed by atoms with Crippen molar-refractivity contribution >= 4 is 29.9 Å². The Balaban J connectivity index is 0.00000288.